The van der Waals surface area contributed by atoms with Crippen LogP contribution in [0.2, 0.25) is 0 Å². The molecule has 0 radical (unpaired) electrons. The van der Waals surface area contributed by atoms with Gasteiger partial charge in [-0.05, 0) is 91.9 Å². The maximum atomic E-state index is 5.78. The van der Waals surface area contributed by atoms with E-state index in [4.69, 9.17) is 11.5 Å². The van der Waals surface area contributed by atoms with Gasteiger partial charge in [-0.15, -0.1) is 0 Å². The Morgan fingerprint density at radius 1 is 0.667 bits per heavy atom. The van der Waals surface area contributed by atoms with Crippen LogP contribution in [0, 0.1) is 35.5 Å². The molecule has 2 aliphatic carbocycles. The van der Waals surface area contributed by atoms with E-state index < -0.39 is 0 Å². The molecule has 0 spiro atoms. The highest BCUT2D eigenvalue weighted by Gasteiger charge is 2.28. The zero-order valence-electron chi connectivity index (χ0n) is 34.1. The number of anilines is 1. The predicted molar refractivity (Wildman–Crippen MR) is 235 cm³/mol. The molecule has 0 bridgehead atoms. The Morgan fingerprint density at radius 3 is 1.52 bits per heavy atom. The van der Waals surface area contributed by atoms with Crippen LogP contribution in [0.4, 0.5) is 5.69 Å². The average Bonchev–Trinajstić information content (AvgIpc) is 3.16. The van der Waals surface area contributed by atoms with E-state index in [0.717, 1.165) is 48.8 Å². The molecule has 4 heteroatoms. The summed E-state index contributed by atoms with van der Waals surface area (Å²) in [7, 11) is 0. The van der Waals surface area contributed by atoms with Crippen LogP contribution in [0.15, 0.2) is 128 Å². The number of nitrogen functional groups attached to an aromatic ring is 1. The minimum Gasteiger partial charge on any atom is -0.402 e. The zero-order chi connectivity index (χ0) is 38.9. The van der Waals surface area contributed by atoms with Gasteiger partial charge in [-0.3, -0.25) is 0 Å². The van der Waals surface area contributed by atoms with Crippen molar-refractivity contribution >= 4 is 11.8 Å². The van der Waals surface area contributed by atoms with Gasteiger partial charge in [0.25, 0.3) is 0 Å². The van der Waals surface area contributed by atoms with E-state index in [0.29, 0.717) is 35.5 Å². The molecule has 4 nitrogen and oxygen atoms in total. The summed E-state index contributed by atoms with van der Waals surface area (Å²) >= 11 is 0. The summed E-state index contributed by atoms with van der Waals surface area (Å²) in [5.41, 5.74) is 19.1. The van der Waals surface area contributed by atoms with Crippen LogP contribution in [0.5, 0.6) is 0 Å². The summed E-state index contributed by atoms with van der Waals surface area (Å²) < 4.78 is 0. The SMILES string of the molecule is C=C(N)C(C)/C=C\c1ccccc1N.C=C(NC1CCCCC1C)C(Cc1ccccc1)CC(C)CC(Cc1ccccc1)C(=C)NC1CCCCC1C. The first kappa shape index (κ1) is 42.6. The first-order chi connectivity index (χ1) is 26.0. The van der Waals surface area contributed by atoms with Gasteiger partial charge in [0.05, 0.1) is 0 Å². The summed E-state index contributed by atoms with van der Waals surface area (Å²) in [6.07, 6.45) is 19.0. The Morgan fingerprint density at radius 2 is 1.09 bits per heavy atom. The molecule has 0 aromatic heterocycles. The van der Waals surface area contributed by atoms with Crippen molar-refractivity contribution in [3.8, 4) is 0 Å². The molecule has 0 aliphatic heterocycles. The molecule has 2 aliphatic rings. The highest BCUT2D eigenvalue weighted by atomic mass is 14.9. The van der Waals surface area contributed by atoms with Crippen molar-refractivity contribution < 1.29 is 0 Å². The lowest BCUT2D eigenvalue weighted by atomic mass is 9.80. The molecule has 0 saturated heterocycles. The van der Waals surface area contributed by atoms with Crippen LogP contribution in [-0.4, -0.2) is 12.1 Å². The second-order valence-corrected chi connectivity index (χ2v) is 16.8. The fourth-order valence-electron chi connectivity index (χ4n) is 8.37. The molecule has 0 heterocycles. The molecule has 5 rings (SSSR count). The largest absolute Gasteiger partial charge is 0.402 e. The number of allylic oxidation sites excluding steroid dienone is 3. The molecule has 6 N–H and O–H groups in total. The third-order valence-corrected chi connectivity index (χ3v) is 12.1. The Kier molecular flexibility index (Phi) is 17.5. The quantitative estimate of drug-likeness (QED) is 0.104. The van der Waals surface area contributed by atoms with E-state index in [1.165, 1.54) is 73.9 Å². The molecule has 7 atom stereocenters. The van der Waals surface area contributed by atoms with Crippen molar-refractivity contribution in [2.75, 3.05) is 5.73 Å². The van der Waals surface area contributed by atoms with Crippen molar-refractivity contribution in [1.29, 1.82) is 0 Å². The highest BCUT2D eigenvalue weighted by molar-refractivity contribution is 5.64. The van der Waals surface area contributed by atoms with Crippen LogP contribution in [0.25, 0.3) is 6.08 Å². The monoisotopic (exact) mass is 729 g/mol. The van der Waals surface area contributed by atoms with Gasteiger partial charge < -0.3 is 22.1 Å². The minimum absolute atomic E-state index is 0.176. The third-order valence-electron chi connectivity index (χ3n) is 12.1. The van der Waals surface area contributed by atoms with Crippen molar-refractivity contribution in [1.82, 2.24) is 10.6 Å². The molecule has 7 unspecified atom stereocenters. The Labute approximate surface area is 329 Å². The van der Waals surface area contributed by atoms with Gasteiger partial charge in [-0.25, -0.2) is 0 Å². The molecular weight excluding hydrogens is 657 g/mol. The van der Waals surface area contributed by atoms with Gasteiger partial charge in [-0.1, -0.05) is 164 Å². The normalized spacial score (nSPS) is 22.1. The average molecular weight is 729 g/mol. The Bertz CT molecular complexity index is 1510. The number of nitrogens with two attached hydrogens (primary N) is 2. The van der Waals surface area contributed by atoms with Gasteiger partial charge in [-0.2, -0.15) is 0 Å². The molecule has 3 aromatic rings. The zero-order valence-corrected chi connectivity index (χ0v) is 34.1. The van der Waals surface area contributed by atoms with E-state index in [2.05, 4.69) is 112 Å². The molecule has 3 aromatic carbocycles. The molecule has 292 valence electrons. The number of rotatable bonds is 17. The second kappa shape index (κ2) is 22.3. The summed E-state index contributed by atoms with van der Waals surface area (Å²) in [4.78, 5) is 0. The number of nitrogens with one attached hydrogen (secondary N) is 2. The van der Waals surface area contributed by atoms with Crippen molar-refractivity contribution in [3.63, 3.8) is 0 Å². The van der Waals surface area contributed by atoms with Crippen LogP contribution in [0.3, 0.4) is 0 Å². The summed E-state index contributed by atoms with van der Waals surface area (Å²) in [6, 6.07) is 30.9. The lowest BCUT2D eigenvalue weighted by Gasteiger charge is -2.35. The van der Waals surface area contributed by atoms with Crippen LogP contribution in [-0.2, 0) is 12.8 Å². The topological polar surface area (TPSA) is 76.1 Å². The third kappa shape index (κ3) is 14.2. The standard InChI is InChI=1S/C38H56N2.C12H16N2/c1-28(24-35(26-33-18-8-6-9-19-33)31(4)39-37-22-14-12-16-29(37)2)25-36(27-34-20-10-7-11-21-34)32(5)40-38-23-15-13-17-30(38)3;1-9(10(2)13)7-8-11-5-3-4-6-12(11)14/h6-11,18-21,28-30,35-40H,4-5,12-17,22-27H2,1-3H3;3-9H,2,13-14H2,1H3/b;8-7-. The van der Waals surface area contributed by atoms with Crippen molar-refractivity contribution in [2.45, 2.75) is 117 Å². The van der Waals surface area contributed by atoms with E-state index >= 15 is 0 Å². The number of para-hydroxylation sites is 1. The van der Waals surface area contributed by atoms with Gasteiger partial charge in [0.15, 0.2) is 0 Å². The minimum atomic E-state index is 0.176. The van der Waals surface area contributed by atoms with E-state index in [1.807, 2.05) is 43.3 Å². The highest BCUT2D eigenvalue weighted by Crippen LogP contribution is 2.33. The van der Waals surface area contributed by atoms with Gasteiger partial charge in [0.2, 0.25) is 0 Å². The fourth-order valence-corrected chi connectivity index (χ4v) is 8.37. The maximum Gasteiger partial charge on any atom is 0.0387 e. The maximum absolute atomic E-state index is 5.78. The van der Waals surface area contributed by atoms with Crippen LogP contribution < -0.4 is 22.1 Å². The summed E-state index contributed by atoms with van der Waals surface area (Å²) in [5.74, 6) is 3.08. The van der Waals surface area contributed by atoms with Crippen LogP contribution >= 0.6 is 0 Å². The summed E-state index contributed by atoms with van der Waals surface area (Å²) in [6.45, 7) is 22.3. The Hall–Kier alpha value is -4.18. The smallest absolute Gasteiger partial charge is 0.0387 e. The van der Waals surface area contributed by atoms with Gasteiger partial charge in [0.1, 0.15) is 0 Å². The Balaban J connectivity index is 0.000000390. The molecule has 54 heavy (non-hydrogen) atoms. The number of hydrogen-bond acceptors (Lipinski definition) is 4. The lowest BCUT2D eigenvalue weighted by molar-refractivity contribution is 0.270. The van der Waals surface area contributed by atoms with Crippen molar-refractivity contribution in [3.05, 3.63) is 145 Å². The molecule has 2 saturated carbocycles. The first-order valence-electron chi connectivity index (χ1n) is 21.0. The predicted octanol–water partition coefficient (Wildman–Crippen LogP) is 11.9. The van der Waals surface area contributed by atoms with Gasteiger partial charge in [0, 0.05) is 52.6 Å². The van der Waals surface area contributed by atoms with Crippen molar-refractivity contribution in [2.24, 2.45) is 41.2 Å². The van der Waals surface area contributed by atoms with E-state index in [1.54, 1.807) is 0 Å². The van der Waals surface area contributed by atoms with Gasteiger partial charge >= 0.3 is 0 Å². The molecular formula is C50H72N4. The van der Waals surface area contributed by atoms with Crippen LogP contribution in [0.1, 0.15) is 109 Å². The molecule has 2 fully saturated rings. The lowest BCUT2D eigenvalue weighted by Crippen LogP contribution is -2.39. The second-order valence-electron chi connectivity index (χ2n) is 16.8. The fraction of sp³-hybridized carbons (Fsp3) is 0.480. The van der Waals surface area contributed by atoms with E-state index in [-0.39, 0.29) is 5.92 Å². The molecule has 0 amide bonds. The summed E-state index contributed by atoms with van der Waals surface area (Å²) in [5, 5.41) is 7.89. The number of hydrogen-bond donors (Lipinski definition) is 4. The number of benzene rings is 3. The first-order valence-corrected chi connectivity index (χ1v) is 21.0. The van der Waals surface area contributed by atoms with E-state index in [9.17, 15) is 0 Å².